The third kappa shape index (κ3) is 62.8. The van der Waals surface area contributed by atoms with Gasteiger partial charge >= 0.3 is 17.9 Å². The summed E-state index contributed by atoms with van der Waals surface area (Å²) in [6, 6.07) is 0. The van der Waals surface area contributed by atoms with Crippen molar-refractivity contribution in [1.82, 2.24) is 0 Å². The lowest BCUT2D eigenvalue weighted by atomic mass is 10.0. The summed E-state index contributed by atoms with van der Waals surface area (Å²) in [6.45, 7) is 6.39. The molecule has 1 unspecified atom stereocenters. The first-order valence-electron chi connectivity index (χ1n) is 32.4. The molecule has 0 fully saturated rings. The molecular weight excluding hydrogens is 949 g/mol. The minimum absolute atomic E-state index is 0.0896. The van der Waals surface area contributed by atoms with E-state index in [1.54, 1.807) is 0 Å². The molecule has 0 aliphatic heterocycles. The van der Waals surface area contributed by atoms with E-state index in [2.05, 4.69) is 130 Å². The van der Waals surface area contributed by atoms with Crippen LogP contribution in [-0.4, -0.2) is 37.2 Å². The first kappa shape index (κ1) is 73.1. The number of unbranched alkanes of at least 4 members (excludes halogenated alkanes) is 29. The predicted molar refractivity (Wildman–Crippen MR) is 334 cm³/mol. The van der Waals surface area contributed by atoms with Gasteiger partial charge in [-0.25, -0.2) is 0 Å². The Labute approximate surface area is 476 Å². The zero-order valence-corrected chi connectivity index (χ0v) is 50.4. The van der Waals surface area contributed by atoms with E-state index in [4.69, 9.17) is 14.2 Å². The van der Waals surface area contributed by atoms with E-state index in [1.807, 2.05) is 0 Å². The van der Waals surface area contributed by atoms with Crippen molar-refractivity contribution in [3.8, 4) is 0 Å². The van der Waals surface area contributed by atoms with E-state index in [0.29, 0.717) is 19.3 Å². The highest BCUT2D eigenvalue weighted by atomic mass is 16.6. The average molecular weight is 1070 g/mol. The molecule has 0 aromatic rings. The summed E-state index contributed by atoms with van der Waals surface area (Å²) in [7, 11) is 0. The third-order valence-corrected chi connectivity index (χ3v) is 13.7. The lowest BCUT2D eigenvalue weighted by molar-refractivity contribution is -0.167. The number of ether oxygens (including phenoxy) is 3. The van der Waals surface area contributed by atoms with Gasteiger partial charge in [0.05, 0.1) is 0 Å². The largest absolute Gasteiger partial charge is 0.462 e. The van der Waals surface area contributed by atoms with Crippen molar-refractivity contribution in [2.75, 3.05) is 13.2 Å². The molecule has 0 aromatic carbocycles. The molecule has 6 heteroatoms. The van der Waals surface area contributed by atoms with Gasteiger partial charge in [-0.3, -0.25) is 14.4 Å². The van der Waals surface area contributed by atoms with Crippen molar-refractivity contribution in [3.05, 3.63) is 109 Å². The van der Waals surface area contributed by atoms with Crippen LogP contribution in [0.15, 0.2) is 109 Å². The molecule has 0 aromatic heterocycles. The minimum atomic E-state index is -0.795. The van der Waals surface area contributed by atoms with Crippen LogP contribution in [0.25, 0.3) is 0 Å². The van der Waals surface area contributed by atoms with Crippen molar-refractivity contribution >= 4 is 17.9 Å². The Bertz CT molecular complexity index is 1560. The molecule has 6 nitrogen and oxygen atoms in total. The van der Waals surface area contributed by atoms with E-state index in [-0.39, 0.29) is 31.1 Å². The summed E-state index contributed by atoms with van der Waals surface area (Å²) in [4.78, 5) is 38.3. The average Bonchev–Trinajstić information content (AvgIpc) is 3.43. The van der Waals surface area contributed by atoms with Gasteiger partial charge in [0, 0.05) is 19.3 Å². The summed E-state index contributed by atoms with van der Waals surface area (Å²) in [5, 5.41) is 0. The highest BCUT2D eigenvalue weighted by Crippen LogP contribution is 2.16. The molecule has 0 spiro atoms. The number of allylic oxidation sites excluding steroid dienone is 18. The molecule has 0 N–H and O–H groups in total. The Morgan fingerprint density at radius 2 is 0.506 bits per heavy atom. The fourth-order valence-corrected chi connectivity index (χ4v) is 8.95. The smallest absolute Gasteiger partial charge is 0.306 e. The van der Waals surface area contributed by atoms with Crippen LogP contribution in [0.4, 0.5) is 0 Å². The predicted octanol–water partition coefficient (Wildman–Crippen LogP) is 22.2. The van der Waals surface area contributed by atoms with Crippen LogP contribution in [0, 0.1) is 0 Å². The normalized spacial score (nSPS) is 12.8. The fourth-order valence-electron chi connectivity index (χ4n) is 8.95. The first-order chi connectivity index (χ1) is 38.0. The second-order valence-electron chi connectivity index (χ2n) is 21.3. The monoisotopic (exact) mass is 1070 g/mol. The molecular formula is C71H120O6. The molecule has 0 saturated carbocycles. The first-order valence-corrected chi connectivity index (χ1v) is 32.4. The maximum absolute atomic E-state index is 12.9. The highest BCUT2D eigenvalue weighted by molar-refractivity contribution is 5.71. The Morgan fingerprint density at radius 1 is 0.273 bits per heavy atom. The third-order valence-electron chi connectivity index (χ3n) is 13.7. The van der Waals surface area contributed by atoms with Gasteiger partial charge in [0.2, 0.25) is 0 Å². The van der Waals surface area contributed by atoms with Crippen molar-refractivity contribution in [3.63, 3.8) is 0 Å². The molecule has 0 aliphatic carbocycles. The quantitative estimate of drug-likeness (QED) is 0.0261. The Balaban J connectivity index is 4.26. The van der Waals surface area contributed by atoms with E-state index >= 15 is 0 Å². The molecule has 440 valence electrons. The van der Waals surface area contributed by atoms with Crippen LogP contribution in [0.1, 0.15) is 303 Å². The summed E-state index contributed by atoms with van der Waals surface area (Å²) in [5.74, 6) is -0.915. The molecule has 0 rings (SSSR count). The van der Waals surface area contributed by atoms with Gasteiger partial charge in [-0.15, -0.1) is 0 Å². The van der Waals surface area contributed by atoms with Gasteiger partial charge in [-0.1, -0.05) is 271 Å². The molecule has 0 amide bonds. The Morgan fingerprint density at radius 3 is 0.805 bits per heavy atom. The SMILES string of the molecule is CC/C=C\C/C=C\C/C=C\C/C=C\CCCCCCCCCCCCCCCCCCC(=O)OCC(COC(=O)CCCCCCC/C=C\CCCCCC)OC(=O)CCCCCC/C=C\C/C=C\C/C=C\C/C=C\CC. The van der Waals surface area contributed by atoms with E-state index in [1.165, 1.54) is 135 Å². The summed E-state index contributed by atoms with van der Waals surface area (Å²) in [5.41, 5.74) is 0. The number of carbonyl (C=O) groups excluding carboxylic acids is 3. The van der Waals surface area contributed by atoms with Crippen LogP contribution < -0.4 is 0 Å². The molecule has 0 heterocycles. The molecule has 0 radical (unpaired) electrons. The van der Waals surface area contributed by atoms with Crippen LogP contribution in [0.3, 0.4) is 0 Å². The van der Waals surface area contributed by atoms with Gasteiger partial charge < -0.3 is 14.2 Å². The van der Waals surface area contributed by atoms with E-state index in [0.717, 1.165) is 128 Å². The number of rotatable bonds is 58. The van der Waals surface area contributed by atoms with Crippen LogP contribution >= 0.6 is 0 Å². The Kier molecular flexibility index (Phi) is 61.3. The fraction of sp³-hybridized carbons (Fsp3) is 0.704. The molecule has 77 heavy (non-hydrogen) atoms. The molecule has 1 atom stereocenters. The van der Waals surface area contributed by atoms with Gasteiger partial charge in [-0.05, 0) is 122 Å². The maximum Gasteiger partial charge on any atom is 0.306 e. The van der Waals surface area contributed by atoms with Crippen molar-refractivity contribution < 1.29 is 28.6 Å². The number of hydrogen-bond donors (Lipinski definition) is 0. The lowest BCUT2D eigenvalue weighted by Gasteiger charge is -2.18. The zero-order chi connectivity index (χ0) is 55.7. The molecule has 0 bridgehead atoms. The Hall–Kier alpha value is -3.93. The lowest BCUT2D eigenvalue weighted by Crippen LogP contribution is -2.30. The van der Waals surface area contributed by atoms with Gasteiger partial charge in [0.1, 0.15) is 13.2 Å². The molecule has 0 saturated heterocycles. The second kappa shape index (κ2) is 64.6. The van der Waals surface area contributed by atoms with Crippen molar-refractivity contribution in [2.24, 2.45) is 0 Å². The summed E-state index contributed by atoms with van der Waals surface area (Å²) < 4.78 is 16.9. The number of carbonyl (C=O) groups is 3. The van der Waals surface area contributed by atoms with Gasteiger partial charge in [0.15, 0.2) is 6.10 Å². The standard InChI is InChI=1S/C71H120O6/c1-4-7-10-13-16-19-22-25-27-29-30-31-32-33-34-35-36-37-38-39-40-42-43-46-49-52-55-58-61-64-70(73)76-67-68(66-75-69(72)63-60-57-54-51-48-45-24-21-18-15-12-9-6-3)77-71(74)65-62-59-56-53-50-47-44-41-28-26-23-20-17-14-11-8-5-2/h7-8,10-11,16-17,19-21,24-28,30-31,44,47,68H,4-6,9,12-15,18,22-23,29,32-43,45-46,48-67H2,1-3H3/b10-7-,11-8-,19-16-,20-17-,24-21-,27-25-,28-26-,31-30-,47-44-. The topological polar surface area (TPSA) is 78.9 Å². The van der Waals surface area contributed by atoms with Gasteiger partial charge in [0.25, 0.3) is 0 Å². The minimum Gasteiger partial charge on any atom is -0.462 e. The highest BCUT2D eigenvalue weighted by Gasteiger charge is 2.19. The maximum atomic E-state index is 12.9. The van der Waals surface area contributed by atoms with Crippen molar-refractivity contribution in [1.29, 1.82) is 0 Å². The van der Waals surface area contributed by atoms with Crippen molar-refractivity contribution in [2.45, 2.75) is 309 Å². The zero-order valence-electron chi connectivity index (χ0n) is 50.4. The van der Waals surface area contributed by atoms with Gasteiger partial charge in [-0.2, -0.15) is 0 Å². The number of hydrogen-bond acceptors (Lipinski definition) is 6. The van der Waals surface area contributed by atoms with Crippen LogP contribution in [0.2, 0.25) is 0 Å². The van der Waals surface area contributed by atoms with Crippen LogP contribution in [0.5, 0.6) is 0 Å². The molecule has 0 aliphatic rings. The van der Waals surface area contributed by atoms with E-state index in [9.17, 15) is 14.4 Å². The summed E-state index contributed by atoms with van der Waals surface area (Å²) >= 11 is 0. The number of esters is 3. The summed E-state index contributed by atoms with van der Waals surface area (Å²) in [6.07, 6.45) is 88.2. The van der Waals surface area contributed by atoms with Crippen LogP contribution in [-0.2, 0) is 28.6 Å². The van der Waals surface area contributed by atoms with E-state index < -0.39 is 6.10 Å². The second-order valence-corrected chi connectivity index (χ2v) is 21.3.